The fraction of sp³-hybridized carbons (Fsp3) is 0.444. The van der Waals surface area contributed by atoms with Crippen molar-refractivity contribution in [3.63, 3.8) is 0 Å². The lowest BCUT2D eigenvalue weighted by molar-refractivity contribution is 0.316. The summed E-state index contributed by atoms with van der Waals surface area (Å²) in [4.78, 5) is 5.53. The van der Waals surface area contributed by atoms with Gasteiger partial charge in [0.25, 0.3) is 0 Å². The average Bonchev–Trinajstić information content (AvgIpc) is 3.03. The first-order chi connectivity index (χ1) is 11.9. The Kier molecular flexibility index (Phi) is 3.91. The van der Waals surface area contributed by atoms with E-state index < -0.39 is 0 Å². The molecule has 1 N–H and O–H groups in total. The van der Waals surface area contributed by atoms with Crippen molar-refractivity contribution in [3.05, 3.63) is 41.5 Å². The van der Waals surface area contributed by atoms with Gasteiger partial charge in [-0.2, -0.15) is 0 Å². The van der Waals surface area contributed by atoms with Crippen LogP contribution in [0.15, 0.2) is 24.4 Å². The first-order valence-corrected chi connectivity index (χ1v) is 9.27. The van der Waals surface area contributed by atoms with E-state index in [1.807, 2.05) is 10.7 Å². The lowest BCUT2D eigenvalue weighted by Gasteiger charge is -2.17. The van der Waals surface area contributed by atoms with Gasteiger partial charge in [-0.1, -0.05) is 32.1 Å². The minimum absolute atomic E-state index is 0.00386. The van der Waals surface area contributed by atoms with E-state index in [1.54, 1.807) is 12.1 Å². The molecular weight excluding hydrogens is 339 g/mol. The summed E-state index contributed by atoms with van der Waals surface area (Å²) in [6, 6.07) is 4.67. The maximum atomic E-state index is 13.7. The molecule has 2 aromatic heterocycles. The van der Waals surface area contributed by atoms with E-state index in [1.165, 1.54) is 17.4 Å². The van der Waals surface area contributed by atoms with Crippen molar-refractivity contribution in [2.45, 2.75) is 45.1 Å². The molecule has 0 unspecified atom stereocenters. The molecule has 1 aliphatic rings. The summed E-state index contributed by atoms with van der Waals surface area (Å²) in [5, 5.41) is 8.81. The number of nitrogens with one attached hydrogen (secondary N) is 1. The van der Waals surface area contributed by atoms with Crippen molar-refractivity contribution in [1.82, 2.24) is 14.6 Å². The molecule has 0 amide bonds. The average molecular weight is 360 g/mol. The van der Waals surface area contributed by atoms with E-state index >= 15 is 0 Å². The molecule has 0 aliphatic carbocycles. The van der Waals surface area contributed by atoms with E-state index in [0.29, 0.717) is 6.61 Å². The molecule has 0 fully saturated rings. The number of rotatable bonds is 2. The molecule has 0 saturated heterocycles. The highest BCUT2D eigenvalue weighted by Gasteiger charge is 2.23. The molecular formula is C18H21FN4OS. The van der Waals surface area contributed by atoms with Gasteiger partial charge in [0.15, 0.2) is 0 Å². The van der Waals surface area contributed by atoms with Crippen LogP contribution in [0, 0.1) is 5.82 Å². The standard InChI is InChI=1S/C18H21FN4OS/c1-18(2,3)15-10-23-17(21-15)25-16(22-23)20-13-5-4-8-24-14-7-6-11(19)9-12(13)14/h6-7,9-10,13H,4-5,8H2,1-3H3,(H,20,22)/t13-/m1/s1. The zero-order chi connectivity index (χ0) is 17.6. The van der Waals surface area contributed by atoms with Crippen LogP contribution in [0.5, 0.6) is 5.75 Å². The fourth-order valence-electron chi connectivity index (χ4n) is 2.97. The fourth-order valence-corrected chi connectivity index (χ4v) is 3.80. The smallest absolute Gasteiger partial charge is 0.214 e. The first kappa shape index (κ1) is 16.3. The van der Waals surface area contributed by atoms with Crippen molar-refractivity contribution >= 4 is 21.4 Å². The Hall–Kier alpha value is -2.15. The number of anilines is 1. The Balaban J connectivity index is 1.63. The Morgan fingerprint density at radius 2 is 2.20 bits per heavy atom. The summed E-state index contributed by atoms with van der Waals surface area (Å²) < 4.78 is 21.2. The lowest BCUT2D eigenvalue weighted by atomic mass is 9.93. The SMILES string of the molecule is CC(C)(C)c1cn2nc(N[C@@H]3CCCOc4ccc(F)cc43)sc2n1. The van der Waals surface area contributed by atoms with Crippen LogP contribution in [-0.4, -0.2) is 21.2 Å². The van der Waals surface area contributed by atoms with Crippen LogP contribution in [0.1, 0.15) is 50.9 Å². The number of benzene rings is 1. The largest absolute Gasteiger partial charge is 0.493 e. The molecule has 0 saturated carbocycles. The van der Waals surface area contributed by atoms with Gasteiger partial charge in [0, 0.05) is 11.0 Å². The summed E-state index contributed by atoms with van der Waals surface area (Å²) >= 11 is 1.51. The van der Waals surface area contributed by atoms with Gasteiger partial charge in [0.1, 0.15) is 11.6 Å². The Bertz CT molecular complexity index is 880. The van der Waals surface area contributed by atoms with Crippen molar-refractivity contribution in [3.8, 4) is 5.75 Å². The monoisotopic (exact) mass is 360 g/mol. The van der Waals surface area contributed by atoms with Crippen LogP contribution in [0.25, 0.3) is 4.96 Å². The molecule has 0 bridgehead atoms. The van der Waals surface area contributed by atoms with E-state index in [2.05, 4.69) is 36.2 Å². The number of nitrogens with zero attached hydrogens (tertiary/aromatic N) is 3. The molecule has 3 heterocycles. The molecule has 0 spiro atoms. The topological polar surface area (TPSA) is 51.5 Å². The molecule has 25 heavy (non-hydrogen) atoms. The number of aromatic nitrogens is 3. The molecule has 1 atom stereocenters. The molecule has 7 heteroatoms. The number of halogens is 1. The van der Waals surface area contributed by atoms with Gasteiger partial charge in [-0.15, -0.1) is 5.10 Å². The van der Waals surface area contributed by atoms with Gasteiger partial charge >= 0.3 is 0 Å². The molecule has 5 nitrogen and oxygen atoms in total. The van der Waals surface area contributed by atoms with Crippen LogP contribution in [-0.2, 0) is 5.41 Å². The maximum absolute atomic E-state index is 13.7. The van der Waals surface area contributed by atoms with Gasteiger partial charge in [0.2, 0.25) is 10.1 Å². The second-order valence-electron chi connectivity index (χ2n) is 7.38. The van der Waals surface area contributed by atoms with Crippen molar-refractivity contribution in [2.24, 2.45) is 0 Å². The number of fused-ring (bicyclic) bond motifs is 2. The highest BCUT2D eigenvalue weighted by atomic mass is 32.1. The predicted octanol–water partition coefficient (Wildman–Crippen LogP) is 4.55. The van der Waals surface area contributed by atoms with E-state index in [0.717, 1.165) is 39.9 Å². The summed E-state index contributed by atoms with van der Waals surface area (Å²) in [5.74, 6) is 0.493. The Labute approximate surface area is 149 Å². The van der Waals surface area contributed by atoms with E-state index in [4.69, 9.17) is 4.74 Å². The minimum atomic E-state index is -0.250. The van der Waals surface area contributed by atoms with Crippen LogP contribution < -0.4 is 10.1 Å². The highest BCUT2D eigenvalue weighted by molar-refractivity contribution is 7.20. The van der Waals surface area contributed by atoms with Crippen LogP contribution in [0.2, 0.25) is 0 Å². The van der Waals surface area contributed by atoms with Gasteiger partial charge in [-0.3, -0.25) is 0 Å². The molecule has 132 valence electrons. The molecule has 1 aliphatic heterocycles. The van der Waals surface area contributed by atoms with Gasteiger partial charge in [0.05, 0.1) is 24.5 Å². The van der Waals surface area contributed by atoms with E-state index in [9.17, 15) is 4.39 Å². The van der Waals surface area contributed by atoms with Gasteiger partial charge < -0.3 is 10.1 Å². The molecule has 3 aromatic rings. The maximum Gasteiger partial charge on any atom is 0.214 e. The molecule has 1 aromatic carbocycles. The van der Waals surface area contributed by atoms with Gasteiger partial charge in [-0.05, 0) is 31.0 Å². The third-order valence-electron chi connectivity index (χ3n) is 4.35. The summed E-state index contributed by atoms with van der Waals surface area (Å²) in [6.07, 6.45) is 3.75. The number of hydrogen-bond donors (Lipinski definition) is 1. The summed E-state index contributed by atoms with van der Waals surface area (Å²) in [6.45, 7) is 7.05. The normalized spacial score (nSPS) is 17.8. The van der Waals surface area contributed by atoms with Crippen LogP contribution in [0.4, 0.5) is 9.52 Å². The zero-order valence-corrected chi connectivity index (χ0v) is 15.4. The number of ether oxygens (including phenoxy) is 1. The second kappa shape index (κ2) is 5.98. The predicted molar refractivity (Wildman–Crippen MR) is 97.1 cm³/mol. The summed E-state index contributed by atoms with van der Waals surface area (Å²) in [5.41, 5.74) is 1.87. The third kappa shape index (κ3) is 3.20. The lowest BCUT2D eigenvalue weighted by Crippen LogP contribution is -2.12. The van der Waals surface area contributed by atoms with Crippen LogP contribution in [0.3, 0.4) is 0 Å². The quantitative estimate of drug-likeness (QED) is 0.728. The Morgan fingerprint density at radius 3 is 2.96 bits per heavy atom. The molecule has 0 radical (unpaired) electrons. The zero-order valence-electron chi connectivity index (χ0n) is 14.5. The van der Waals surface area contributed by atoms with Crippen molar-refractivity contribution < 1.29 is 9.13 Å². The number of imidazole rings is 1. The highest BCUT2D eigenvalue weighted by Crippen LogP contribution is 2.35. The van der Waals surface area contributed by atoms with Crippen molar-refractivity contribution in [2.75, 3.05) is 11.9 Å². The van der Waals surface area contributed by atoms with Gasteiger partial charge in [-0.25, -0.2) is 13.9 Å². The Morgan fingerprint density at radius 1 is 1.36 bits per heavy atom. The van der Waals surface area contributed by atoms with Crippen LogP contribution >= 0.6 is 11.3 Å². The van der Waals surface area contributed by atoms with E-state index in [-0.39, 0.29) is 17.3 Å². The van der Waals surface area contributed by atoms with Crippen molar-refractivity contribution in [1.29, 1.82) is 0 Å². The summed E-state index contributed by atoms with van der Waals surface area (Å²) in [7, 11) is 0. The number of hydrogen-bond acceptors (Lipinski definition) is 5. The first-order valence-electron chi connectivity index (χ1n) is 8.45. The third-order valence-corrected chi connectivity index (χ3v) is 5.21. The second-order valence-corrected chi connectivity index (χ2v) is 8.34. The minimum Gasteiger partial charge on any atom is -0.493 e. The molecule has 4 rings (SSSR count).